The van der Waals surface area contributed by atoms with Crippen LogP contribution in [0, 0.1) is 0 Å². The highest BCUT2D eigenvalue weighted by molar-refractivity contribution is 5.96. The molecule has 0 N–H and O–H groups in total. The van der Waals surface area contributed by atoms with Gasteiger partial charge in [-0.25, -0.2) is 9.59 Å². The van der Waals surface area contributed by atoms with Crippen molar-refractivity contribution in [1.82, 2.24) is 14.7 Å². The molecule has 39 heavy (non-hydrogen) atoms. The molecule has 0 saturated carbocycles. The summed E-state index contributed by atoms with van der Waals surface area (Å²) in [5.41, 5.74) is 3.22. The Morgan fingerprint density at radius 3 is 2.21 bits per heavy atom. The van der Waals surface area contributed by atoms with Gasteiger partial charge in [-0.1, -0.05) is 42.5 Å². The van der Waals surface area contributed by atoms with Crippen molar-refractivity contribution in [1.29, 1.82) is 0 Å². The van der Waals surface area contributed by atoms with Gasteiger partial charge in [0.05, 0.1) is 25.3 Å². The molecule has 0 bridgehead atoms. The summed E-state index contributed by atoms with van der Waals surface area (Å²) in [5, 5.41) is 0. The van der Waals surface area contributed by atoms with Crippen molar-refractivity contribution in [2.75, 3.05) is 39.4 Å². The second kappa shape index (κ2) is 12.6. The minimum Gasteiger partial charge on any atom is -0.463 e. The van der Waals surface area contributed by atoms with Crippen molar-refractivity contribution >= 4 is 23.9 Å². The van der Waals surface area contributed by atoms with Crippen LogP contribution in [0.15, 0.2) is 65.9 Å². The summed E-state index contributed by atoms with van der Waals surface area (Å²) >= 11 is 0. The standard InChI is InChI=1S/C30H35N3O6/c1-4-38-29(36)27-21(3)33(26(34)19-25(27)23-11-7-6-8-12-23)20-22-10-9-13-24(18-22)28(35)31-14-16-32(17-15-31)30(37)39-5-2/h6-13,18,25H,4-5,14-17,19-20H2,1-3H3. The SMILES string of the molecule is CCOC(=O)C1=C(C)N(Cc2cccc(C(=O)N3CCN(C(=O)OCC)CC3)c2)C(=O)CC1c1ccccc1. The first-order chi connectivity index (χ1) is 18.8. The number of hydrogen-bond donors (Lipinski definition) is 0. The van der Waals surface area contributed by atoms with Crippen molar-refractivity contribution in [2.45, 2.75) is 39.7 Å². The van der Waals surface area contributed by atoms with Gasteiger partial charge < -0.3 is 24.2 Å². The number of benzene rings is 2. The monoisotopic (exact) mass is 533 g/mol. The van der Waals surface area contributed by atoms with E-state index in [0.29, 0.717) is 49.6 Å². The van der Waals surface area contributed by atoms with E-state index in [1.807, 2.05) is 36.4 Å². The number of hydrogen-bond acceptors (Lipinski definition) is 6. The molecule has 9 nitrogen and oxygen atoms in total. The van der Waals surface area contributed by atoms with Gasteiger partial charge in [0.25, 0.3) is 5.91 Å². The highest BCUT2D eigenvalue weighted by Gasteiger charge is 2.37. The third kappa shape index (κ3) is 6.30. The number of ether oxygens (including phenoxy) is 2. The molecule has 2 aliphatic rings. The number of esters is 1. The van der Waals surface area contributed by atoms with Crippen molar-refractivity contribution in [3.05, 3.63) is 82.6 Å². The molecule has 0 radical (unpaired) electrons. The Morgan fingerprint density at radius 1 is 0.872 bits per heavy atom. The summed E-state index contributed by atoms with van der Waals surface area (Å²) in [4.78, 5) is 56.5. The molecular formula is C30H35N3O6. The molecule has 4 rings (SSSR count). The third-order valence-electron chi connectivity index (χ3n) is 7.13. The Hall–Kier alpha value is -4.14. The normalized spacial score (nSPS) is 17.8. The fourth-order valence-electron chi connectivity index (χ4n) is 5.12. The van der Waals surface area contributed by atoms with E-state index in [1.165, 1.54) is 0 Å². The van der Waals surface area contributed by atoms with Crippen molar-refractivity contribution in [3.8, 4) is 0 Å². The topological polar surface area (TPSA) is 96.5 Å². The lowest BCUT2D eigenvalue weighted by atomic mass is 9.83. The molecule has 1 atom stereocenters. The predicted octanol–water partition coefficient (Wildman–Crippen LogP) is 3.95. The number of carbonyl (C=O) groups excluding carboxylic acids is 4. The number of nitrogens with zero attached hydrogens (tertiary/aromatic N) is 3. The van der Waals surface area contributed by atoms with Crippen molar-refractivity contribution < 1.29 is 28.7 Å². The summed E-state index contributed by atoms with van der Waals surface area (Å²) in [6.45, 7) is 7.73. The summed E-state index contributed by atoms with van der Waals surface area (Å²) in [5.74, 6) is -1.03. The first-order valence-corrected chi connectivity index (χ1v) is 13.4. The summed E-state index contributed by atoms with van der Waals surface area (Å²) in [6.07, 6.45) is -0.211. The lowest BCUT2D eigenvalue weighted by Crippen LogP contribution is -2.50. The van der Waals surface area contributed by atoms with Gasteiger partial charge in [-0.3, -0.25) is 9.59 Å². The Balaban J connectivity index is 1.52. The van der Waals surface area contributed by atoms with Crippen molar-refractivity contribution in [2.24, 2.45) is 0 Å². The number of allylic oxidation sites excluding steroid dienone is 1. The van der Waals surface area contributed by atoms with Crippen LogP contribution in [-0.4, -0.2) is 78.0 Å². The van der Waals surface area contributed by atoms with Gasteiger partial charge in [-0.2, -0.15) is 0 Å². The Kier molecular flexibility index (Phi) is 9.01. The fraction of sp³-hybridized carbons (Fsp3) is 0.400. The van der Waals surface area contributed by atoms with E-state index in [1.54, 1.807) is 53.7 Å². The summed E-state index contributed by atoms with van der Waals surface area (Å²) in [6, 6.07) is 16.7. The quantitative estimate of drug-likeness (QED) is 0.500. The molecule has 0 spiro atoms. The average Bonchev–Trinajstić information content (AvgIpc) is 2.95. The van der Waals surface area contributed by atoms with Crippen molar-refractivity contribution in [3.63, 3.8) is 0 Å². The van der Waals surface area contributed by atoms with E-state index in [2.05, 4.69) is 0 Å². The number of piperazine rings is 1. The van der Waals surface area contributed by atoms with Crippen LogP contribution in [0.4, 0.5) is 4.79 Å². The molecule has 2 aromatic rings. The zero-order chi connectivity index (χ0) is 27.9. The van der Waals surface area contributed by atoms with Gasteiger partial charge in [-0.15, -0.1) is 0 Å². The highest BCUT2D eigenvalue weighted by Crippen LogP contribution is 2.37. The molecule has 2 aromatic carbocycles. The van der Waals surface area contributed by atoms with Crippen LogP contribution in [0.2, 0.25) is 0 Å². The lowest BCUT2D eigenvalue weighted by molar-refractivity contribution is -0.140. The van der Waals surface area contributed by atoms with E-state index in [0.717, 1.165) is 11.1 Å². The Bertz CT molecular complexity index is 1250. The van der Waals surface area contributed by atoms with Crippen LogP contribution in [0.25, 0.3) is 0 Å². The molecule has 206 valence electrons. The molecule has 0 aliphatic carbocycles. The van der Waals surface area contributed by atoms with Crippen LogP contribution >= 0.6 is 0 Å². The number of amides is 3. The van der Waals surface area contributed by atoms with E-state index >= 15 is 0 Å². The molecule has 0 aromatic heterocycles. The smallest absolute Gasteiger partial charge is 0.409 e. The zero-order valence-corrected chi connectivity index (χ0v) is 22.7. The minimum absolute atomic E-state index is 0.0961. The third-order valence-corrected chi connectivity index (χ3v) is 7.13. The second-order valence-electron chi connectivity index (χ2n) is 9.55. The van der Waals surface area contributed by atoms with Gasteiger partial charge in [0.1, 0.15) is 0 Å². The van der Waals surface area contributed by atoms with Crippen LogP contribution < -0.4 is 0 Å². The second-order valence-corrected chi connectivity index (χ2v) is 9.55. The first-order valence-electron chi connectivity index (χ1n) is 13.4. The van der Waals surface area contributed by atoms with Gasteiger partial charge >= 0.3 is 12.1 Å². The Labute approximate surface area is 229 Å². The molecule has 1 fully saturated rings. The Morgan fingerprint density at radius 2 is 1.54 bits per heavy atom. The van der Waals surface area contributed by atoms with Crippen LogP contribution in [0.1, 0.15) is 54.6 Å². The van der Waals surface area contributed by atoms with Crippen LogP contribution in [0.3, 0.4) is 0 Å². The fourth-order valence-corrected chi connectivity index (χ4v) is 5.12. The maximum atomic E-state index is 13.3. The first kappa shape index (κ1) is 27.9. The highest BCUT2D eigenvalue weighted by atomic mass is 16.6. The van der Waals surface area contributed by atoms with Gasteiger partial charge in [0, 0.05) is 49.8 Å². The van der Waals surface area contributed by atoms with Crippen LogP contribution in [-0.2, 0) is 25.6 Å². The lowest BCUT2D eigenvalue weighted by Gasteiger charge is -2.35. The molecule has 9 heteroatoms. The zero-order valence-electron chi connectivity index (χ0n) is 22.7. The number of carbonyl (C=O) groups is 4. The maximum Gasteiger partial charge on any atom is 0.409 e. The molecule has 2 aliphatic heterocycles. The molecular weight excluding hydrogens is 498 g/mol. The van der Waals surface area contributed by atoms with Crippen LogP contribution in [0.5, 0.6) is 0 Å². The number of rotatable bonds is 7. The van der Waals surface area contributed by atoms with Gasteiger partial charge in [0.2, 0.25) is 5.91 Å². The maximum absolute atomic E-state index is 13.3. The van der Waals surface area contributed by atoms with E-state index in [4.69, 9.17) is 9.47 Å². The van der Waals surface area contributed by atoms with E-state index in [9.17, 15) is 19.2 Å². The van der Waals surface area contributed by atoms with E-state index in [-0.39, 0.29) is 43.4 Å². The van der Waals surface area contributed by atoms with E-state index < -0.39 is 5.97 Å². The molecule has 1 unspecified atom stereocenters. The molecule has 3 amide bonds. The average molecular weight is 534 g/mol. The molecule has 2 heterocycles. The largest absolute Gasteiger partial charge is 0.463 e. The summed E-state index contributed by atoms with van der Waals surface area (Å²) < 4.78 is 10.4. The minimum atomic E-state index is -0.424. The van der Waals surface area contributed by atoms with Gasteiger partial charge in [0.15, 0.2) is 0 Å². The van der Waals surface area contributed by atoms with Gasteiger partial charge in [-0.05, 0) is 44.0 Å². The predicted molar refractivity (Wildman–Crippen MR) is 145 cm³/mol. The molecule has 1 saturated heterocycles. The summed E-state index contributed by atoms with van der Waals surface area (Å²) in [7, 11) is 0.